The zero-order chi connectivity index (χ0) is 14.5. The van der Waals surface area contributed by atoms with E-state index < -0.39 is 17.8 Å². The van der Waals surface area contributed by atoms with Crippen LogP contribution in [-0.4, -0.2) is 49.1 Å². The molecule has 2 rings (SSSR count). The zero-order valence-electron chi connectivity index (χ0n) is 11.3. The maximum atomic E-state index is 13.5. The molecule has 0 aromatic heterocycles. The summed E-state index contributed by atoms with van der Waals surface area (Å²) < 4.78 is 18.6. The highest BCUT2D eigenvalue weighted by Gasteiger charge is 2.24. The van der Waals surface area contributed by atoms with Crippen molar-refractivity contribution in [3.63, 3.8) is 0 Å². The van der Waals surface area contributed by atoms with Crippen LogP contribution >= 0.6 is 0 Å². The molecule has 1 unspecified atom stereocenters. The number of hydrogen-bond donors (Lipinski definition) is 1. The molecule has 0 aliphatic carbocycles. The van der Waals surface area contributed by atoms with Crippen LogP contribution < -0.4 is 5.32 Å². The van der Waals surface area contributed by atoms with Crippen LogP contribution in [0.15, 0.2) is 24.3 Å². The van der Waals surface area contributed by atoms with Gasteiger partial charge in [-0.15, -0.1) is 0 Å². The van der Waals surface area contributed by atoms with Gasteiger partial charge in [0.15, 0.2) is 0 Å². The number of morpholine rings is 1. The summed E-state index contributed by atoms with van der Waals surface area (Å²) in [6, 6.07) is 4.99. The Bertz CT molecular complexity index is 501. The molecule has 0 spiro atoms. The molecule has 0 bridgehead atoms. The van der Waals surface area contributed by atoms with Gasteiger partial charge >= 0.3 is 0 Å². The topological polar surface area (TPSA) is 58.6 Å². The zero-order valence-corrected chi connectivity index (χ0v) is 11.3. The van der Waals surface area contributed by atoms with E-state index in [1.165, 1.54) is 18.2 Å². The molecule has 1 aromatic rings. The van der Waals surface area contributed by atoms with E-state index >= 15 is 0 Å². The Morgan fingerprint density at radius 1 is 1.30 bits per heavy atom. The molecule has 1 aromatic carbocycles. The number of nitrogens with zero attached hydrogens (tertiary/aromatic N) is 1. The summed E-state index contributed by atoms with van der Waals surface area (Å²) >= 11 is 0. The predicted molar refractivity (Wildman–Crippen MR) is 70.7 cm³/mol. The largest absolute Gasteiger partial charge is 0.378 e. The van der Waals surface area contributed by atoms with Crippen molar-refractivity contribution in [1.82, 2.24) is 10.2 Å². The molecule has 5 nitrogen and oxygen atoms in total. The van der Waals surface area contributed by atoms with Crippen molar-refractivity contribution in [2.24, 2.45) is 0 Å². The van der Waals surface area contributed by atoms with Crippen LogP contribution in [0, 0.1) is 5.82 Å². The van der Waals surface area contributed by atoms with Crippen molar-refractivity contribution in [2.75, 3.05) is 26.3 Å². The van der Waals surface area contributed by atoms with Crippen LogP contribution in [0.3, 0.4) is 0 Å². The van der Waals surface area contributed by atoms with Gasteiger partial charge in [-0.25, -0.2) is 4.39 Å². The number of carbonyl (C=O) groups excluding carboxylic acids is 2. The highest BCUT2D eigenvalue weighted by molar-refractivity contribution is 5.97. The Balaban J connectivity index is 1.97. The second-order valence-corrected chi connectivity index (χ2v) is 4.61. The molecule has 108 valence electrons. The third-order valence-corrected chi connectivity index (χ3v) is 3.16. The lowest BCUT2D eigenvalue weighted by molar-refractivity contribution is -0.136. The highest BCUT2D eigenvalue weighted by Crippen LogP contribution is 2.07. The summed E-state index contributed by atoms with van der Waals surface area (Å²) in [6.07, 6.45) is 0. The summed E-state index contributed by atoms with van der Waals surface area (Å²) in [7, 11) is 0. The van der Waals surface area contributed by atoms with E-state index in [4.69, 9.17) is 4.74 Å². The van der Waals surface area contributed by atoms with E-state index in [2.05, 4.69) is 5.32 Å². The number of hydrogen-bond acceptors (Lipinski definition) is 3. The van der Waals surface area contributed by atoms with Gasteiger partial charge in [0.1, 0.15) is 11.9 Å². The first-order valence-corrected chi connectivity index (χ1v) is 6.51. The van der Waals surface area contributed by atoms with Crippen LogP contribution in [0.25, 0.3) is 0 Å². The molecule has 0 radical (unpaired) electrons. The van der Waals surface area contributed by atoms with Crippen molar-refractivity contribution in [3.05, 3.63) is 35.6 Å². The van der Waals surface area contributed by atoms with E-state index in [0.29, 0.717) is 26.3 Å². The fraction of sp³-hybridized carbons (Fsp3) is 0.429. The summed E-state index contributed by atoms with van der Waals surface area (Å²) in [4.78, 5) is 25.7. The number of halogens is 1. The molecular weight excluding hydrogens is 263 g/mol. The predicted octanol–water partition coefficient (Wildman–Crippen LogP) is 0.803. The molecule has 1 N–H and O–H groups in total. The fourth-order valence-electron chi connectivity index (χ4n) is 2.04. The molecule has 1 aliphatic heterocycles. The first-order chi connectivity index (χ1) is 9.59. The lowest BCUT2D eigenvalue weighted by Gasteiger charge is -2.29. The standard InChI is InChI=1S/C14H17FN2O3/c1-10(14(19)17-6-8-20-9-7-17)16-13(18)11-4-2-3-5-12(11)15/h2-5,10H,6-9H2,1H3,(H,16,18). The second-order valence-electron chi connectivity index (χ2n) is 4.61. The van der Waals surface area contributed by atoms with Gasteiger partial charge in [0.25, 0.3) is 5.91 Å². The number of nitrogens with one attached hydrogen (secondary N) is 1. The van der Waals surface area contributed by atoms with Crippen LogP contribution in [0.5, 0.6) is 0 Å². The summed E-state index contributed by atoms with van der Waals surface area (Å²) in [5, 5.41) is 2.52. The molecule has 1 heterocycles. The Morgan fingerprint density at radius 2 is 1.95 bits per heavy atom. The van der Waals surface area contributed by atoms with Gasteiger partial charge in [-0.1, -0.05) is 12.1 Å². The number of carbonyl (C=O) groups is 2. The molecule has 1 saturated heterocycles. The number of rotatable bonds is 3. The quantitative estimate of drug-likeness (QED) is 0.891. The molecule has 2 amide bonds. The van der Waals surface area contributed by atoms with Gasteiger partial charge in [-0.2, -0.15) is 0 Å². The Morgan fingerprint density at radius 3 is 2.60 bits per heavy atom. The van der Waals surface area contributed by atoms with E-state index in [1.807, 2.05) is 0 Å². The number of benzene rings is 1. The normalized spacial score (nSPS) is 16.6. The van der Waals surface area contributed by atoms with Gasteiger partial charge in [0.05, 0.1) is 18.8 Å². The minimum atomic E-state index is -0.694. The third-order valence-electron chi connectivity index (χ3n) is 3.16. The van der Waals surface area contributed by atoms with E-state index in [-0.39, 0.29) is 11.5 Å². The molecule has 0 saturated carbocycles. The molecule has 6 heteroatoms. The average Bonchev–Trinajstić information content (AvgIpc) is 2.47. The monoisotopic (exact) mass is 280 g/mol. The Hall–Kier alpha value is -1.95. The molecule has 1 aliphatic rings. The third kappa shape index (κ3) is 3.33. The van der Waals surface area contributed by atoms with Crippen molar-refractivity contribution in [3.8, 4) is 0 Å². The van der Waals surface area contributed by atoms with E-state index in [0.717, 1.165) is 0 Å². The van der Waals surface area contributed by atoms with Crippen LogP contribution in [0.4, 0.5) is 4.39 Å². The van der Waals surface area contributed by atoms with Crippen molar-refractivity contribution < 1.29 is 18.7 Å². The maximum Gasteiger partial charge on any atom is 0.254 e. The second kappa shape index (κ2) is 6.47. The highest BCUT2D eigenvalue weighted by atomic mass is 19.1. The van der Waals surface area contributed by atoms with Crippen molar-refractivity contribution in [2.45, 2.75) is 13.0 Å². The van der Waals surface area contributed by atoms with Gasteiger partial charge in [-0.3, -0.25) is 9.59 Å². The Kier molecular flexibility index (Phi) is 4.68. The van der Waals surface area contributed by atoms with Gasteiger partial charge in [-0.05, 0) is 19.1 Å². The fourth-order valence-corrected chi connectivity index (χ4v) is 2.04. The van der Waals surface area contributed by atoms with Crippen LogP contribution in [0.1, 0.15) is 17.3 Å². The van der Waals surface area contributed by atoms with Gasteiger partial charge in [0, 0.05) is 13.1 Å². The lowest BCUT2D eigenvalue weighted by atomic mass is 10.2. The molecule has 20 heavy (non-hydrogen) atoms. The van der Waals surface area contributed by atoms with E-state index in [9.17, 15) is 14.0 Å². The SMILES string of the molecule is CC(NC(=O)c1ccccc1F)C(=O)N1CCOCC1. The molecule has 1 fully saturated rings. The minimum absolute atomic E-state index is 0.0610. The summed E-state index contributed by atoms with van der Waals surface area (Å²) in [5.41, 5.74) is -0.0610. The first-order valence-electron chi connectivity index (χ1n) is 6.51. The Labute approximate surface area is 116 Å². The molecule has 1 atom stereocenters. The van der Waals surface area contributed by atoms with Crippen LogP contribution in [0.2, 0.25) is 0 Å². The maximum absolute atomic E-state index is 13.5. The van der Waals surface area contributed by atoms with Crippen LogP contribution in [-0.2, 0) is 9.53 Å². The number of amides is 2. The summed E-state index contributed by atoms with van der Waals surface area (Å²) in [6.45, 7) is 3.62. The summed E-state index contributed by atoms with van der Waals surface area (Å²) in [5.74, 6) is -1.37. The van der Waals surface area contributed by atoms with Crippen molar-refractivity contribution in [1.29, 1.82) is 0 Å². The average molecular weight is 280 g/mol. The first kappa shape index (κ1) is 14.5. The minimum Gasteiger partial charge on any atom is -0.378 e. The van der Waals surface area contributed by atoms with Gasteiger partial charge in [0.2, 0.25) is 5.91 Å². The van der Waals surface area contributed by atoms with Gasteiger partial charge < -0.3 is 15.0 Å². The lowest BCUT2D eigenvalue weighted by Crippen LogP contribution is -2.50. The van der Waals surface area contributed by atoms with E-state index in [1.54, 1.807) is 17.9 Å². The van der Waals surface area contributed by atoms with Crippen molar-refractivity contribution >= 4 is 11.8 Å². The smallest absolute Gasteiger partial charge is 0.254 e. The molecular formula is C14H17FN2O3. The number of ether oxygens (including phenoxy) is 1.